The van der Waals surface area contributed by atoms with Gasteiger partial charge in [-0.05, 0) is 107 Å². The van der Waals surface area contributed by atoms with Crippen LogP contribution in [-0.4, -0.2) is 33.6 Å². The standard InChI is InChI=1S/C80H47N7S/c1-4-20-48(21-5-1)75-58-28-10-15-31-65(58)81-80(84-75)87-69-34-18-13-29-60(69)73-74-61-30-14-19-35-72(61)88-78(74)64-46-50(36-40-57(64)77(73)87)53-37-41-59-66(47-53)82-79(83-76(59)49-22-6-2-7-23-49)86-68-33-17-12-27-56(68)63-45-52(39-43-71(63)86)51-38-42-70-62(44-51)55-26-11-16-32-67(55)85(70)54-24-8-3-9-25-54/h1-47H. The lowest BCUT2D eigenvalue weighted by Crippen LogP contribution is -2.04. The summed E-state index contributed by atoms with van der Waals surface area (Å²) < 4.78 is 9.44. The molecule has 7 nitrogen and oxygen atoms in total. The number of thiophene rings is 1. The van der Waals surface area contributed by atoms with Crippen molar-refractivity contribution in [3.8, 4) is 62.4 Å². The molecule has 0 fully saturated rings. The molecule has 0 N–H and O–H groups in total. The van der Waals surface area contributed by atoms with E-state index in [-0.39, 0.29) is 0 Å². The van der Waals surface area contributed by atoms with Gasteiger partial charge >= 0.3 is 0 Å². The topological polar surface area (TPSA) is 66.3 Å². The molecule has 8 heteroatoms. The van der Waals surface area contributed by atoms with Crippen LogP contribution in [0.5, 0.6) is 0 Å². The van der Waals surface area contributed by atoms with Crippen molar-refractivity contribution in [1.29, 1.82) is 0 Å². The van der Waals surface area contributed by atoms with E-state index < -0.39 is 0 Å². The predicted octanol–water partition coefficient (Wildman–Crippen LogP) is 21.1. The summed E-state index contributed by atoms with van der Waals surface area (Å²) in [4.78, 5) is 22.1. The number of hydrogen-bond acceptors (Lipinski definition) is 5. The molecule has 0 saturated heterocycles. The summed E-state index contributed by atoms with van der Waals surface area (Å²) in [5.41, 5.74) is 17.8. The summed E-state index contributed by atoms with van der Waals surface area (Å²) in [6.45, 7) is 0. The van der Waals surface area contributed by atoms with E-state index in [4.69, 9.17) is 19.9 Å². The maximum absolute atomic E-state index is 5.60. The Kier molecular flexibility index (Phi) is 10.5. The quantitative estimate of drug-likeness (QED) is 0.159. The van der Waals surface area contributed by atoms with Gasteiger partial charge in [0.2, 0.25) is 11.9 Å². The van der Waals surface area contributed by atoms with Crippen LogP contribution in [0.25, 0.3) is 181 Å². The van der Waals surface area contributed by atoms with Crippen molar-refractivity contribution in [3.05, 3.63) is 285 Å². The molecule has 19 rings (SSSR count). The zero-order valence-electron chi connectivity index (χ0n) is 47.2. The van der Waals surface area contributed by atoms with Crippen molar-refractivity contribution in [2.45, 2.75) is 0 Å². The molecule has 6 heterocycles. The van der Waals surface area contributed by atoms with Gasteiger partial charge in [-0.3, -0.25) is 9.13 Å². The van der Waals surface area contributed by atoms with Crippen molar-refractivity contribution >= 4 is 130 Å². The van der Waals surface area contributed by atoms with E-state index in [0.29, 0.717) is 11.9 Å². The minimum absolute atomic E-state index is 0.615. The van der Waals surface area contributed by atoms with Gasteiger partial charge in [0.1, 0.15) is 0 Å². The molecule has 0 unspecified atom stereocenters. The van der Waals surface area contributed by atoms with Crippen LogP contribution in [0.2, 0.25) is 0 Å². The molecule has 0 atom stereocenters. The number of nitrogens with zero attached hydrogens (tertiary/aromatic N) is 7. The fraction of sp³-hybridized carbons (Fsp3) is 0. The van der Waals surface area contributed by atoms with Gasteiger partial charge in [0, 0.05) is 90.8 Å². The Bertz CT molecular complexity index is 6120. The average molecular weight is 1140 g/mol. The van der Waals surface area contributed by atoms with Crippen molar-refractivity contribution in [2.75, 3.05) is 0 Å². The first-order chi connectivity index (χ1) is 43.6. The van der Waals surface area contributed by atoms with Gasteiger partial charge in [-0.25, -0.2) is 19.9 Å². The third-order valence-electron chi connectivity index (χ3n) is 18.0. The lowest BCUT2D eigenvalue weighted by molar-refractivity contribution is 1.01. The summed E-state index contributed by atoms with van der Waals surface area (Å²) in [6.07, 6.45) is 0. The second kappa shape index (κ2) is 19.0. The molecule has 0 spiro atoms. The van der Waals surface area contributed by atoms with E-state index in [1.807, 2.05) is 11.3 Å². The highest BCUT2D eigenvalue weighted by Crippen LogP contribution is 2.49. The fourth-order valence-electron chi connectivity index (χ4n) is 14.1. The highest BCUT2D eigenvalue weighted by molar-refractivity contribution is 7.27. The predicted molar refractivity (Wildman–Crippen MR) is 368 cm³/mol. The summed E-state index contributed by atoms with van der Waals surface area (Å²) in [5, 5.41) is 13.9. The van der Waals surface area contributed by atoms with Crippen molar-refractivity contribution in [1.82, 2.24) is 33.6 Å². The average Bonchev–Trinajstić information content (AvgIpc) is 1.97. The van der Waals surface area contributed by atoms with Crippen LogP contribution in [0.3, 0.4) is 0 Å². The summed E-state index contributed by atoms with van der Waals surface area (Å²) in [6, 6.07) is 103. The molecule has 408 valence electrons. The molecule has 6 aromatic heterocycles. The minimum atomic E-state index is 0.615. The first kappa shape index (κ1) is 48.8. The van der Waals surface area contributed by atoms with Gasteiger partial charge in [0.25, 0.3) is 0 Å². The fourth-order valence-corrected chi connectivity index (χ4v) is 15.4. The van der Waals surface area contributed by atoms with Gasteiger partial charge in [0.05, 0.1) is 55.5 Å². The van der Waals surface area contributed by atoms with Gasteiger partial charge in [-0.2, -0.15) is 0 Å². The van der Waals surface area contributed by atoms with E-state index in [1.165, 1.54) is 58.1 Å². The van der Waals surface area contributed by atoms with Crippen LogP contribution in [0.4, 0.5) is 0 Å². The lowest BCUT2D eigenvalue weighted by atomic mass is 9.95. The molecule has 0 aliphatic rings. The third kappa shape index (κ3) is 7.24. The molecule has 88 heavy (non-hydrogen) atoms. The Labute approximate surface area is 507 Å². The molecular weight excluding hydrogens is 1090 g/mol. The van der Waals surface area contributed by atoms with Crippen molar-refractivity contribution < 1.29 is 0 Å². The van der Waals surface area contributed by atoms with E-state index in [9.17, 15) is 0 Å². The summed E-state index contributed by atoms with van der Waals surface area (Å²) >= 11 is 1.86. The maximum Gasteiger partial charge on any atom is 0.235 e. The molecule has 0 aliphatic heterocycles. The Morgan fingerprint density at radius 1 is 0.250 bits per heavy atom. The zero-order valence-corrected chi connectivity index (χ0v) is 48.0. The van der Waals surface area contributed by atoms with Crippen LogP contribution >= 0.6 is 11.3 Å². The van der Waals surface area contributed by atoms with Crippen molar-refractivity contribution in [2.24, 2.45) is 0 Å². The second-order valence-corrected chi connectivity index (χ2v) is 23.9. The highest BCUT2D eigenvalue weighted by Gasteiger charge is 2.26. The molecule has 0 aliphatic carbocycles. The SMILES string of the molecule is c1ccc(-c2nc(-n3c4ccccc4c4cc(-c5ccc6c(c5)c5ccccc5n6-c5ccccc5)ccc43)nc3cc(-c4ccc5c(c4)c4sc6ccccc6c4c4c6ccccc6n(-c6nc(-c7ccccc7)c7ccccc7n6)c54)ccc23)cc1. The molecular formula is C80H47N7S. The molecule has 0 bridgehead atoms. The smallest absolute Gasteiger partial charge is 0.235 e. The van der Waals surface area contributed by atoms with Crippen LogP contribution in [0, 0.1) is 0 Å². The minimum Gasteiger partial charge on any atom is -0.309 e. The molecule has 0 saturated carbocycles. The maximum atomic E-state index is 5.60. The Balaban J connectivity index is 0.805. The first-order valence-corrected chi connectivity index (χ1v) is 30.6. The van der Waals surface area contributed by atoms with Crippen LogP contribution in [-0.2, 0) is 0 Å². The summed E-state index contributed by atoms with van der Waals surface area (Å²) in [5.74, 6) is 1.25. The van der Waals surface area contributed by atoms with Crippen molar-refractivity contribution in [3.63, 3.8) is 0 Å². The molecule has 0 radical (unpaired) electrons. The van der Waals surface area contributed by atoms with E-state index in [1.54, 1.807) is 0 Å². The largest absolute Gasteiger partial charge is 0.309 e. The molecule has 19 aromatic rings. The van der Waals surface area contributed by atoms with Gasteiger partial charge in [-0.1, -0.05) is 200 Å². The number of aromatic nitrogens is 7. The Morgan fingerprint density at radius 2 is 0.693 bits per heavy atom. The third-order valence-corrected chi connectivity index (χ3v) is 19.2. The first-order valence-electron chi connectivity index (χ1n) is 29.8. The van der Waals surface area contributed by atoms with Crippen LogP contribution < -0.4 is 0 Å². The number of fused-ring (bicyclic) bond motifs is 18. The van der Waals surface area contributed by atoms with Crippen LogP contribution in [0.15, 0.2) is 285 Å². The lowest BCUT2D eigenvalue weighted by Gasteiger charge is -2.14. The number of para-hydroxylation sites is 5. The van der Waals surface area contributed by atoms with E-state index in [2.05, 4.69) is 299 Å². The normalized spacial score (nSPS) is 12.1. The molecule has 0 amide bonds. The van der Waals surface area contributed by atoms with Gasteiger partial charge in [-0.15, -0.1) is 11.3 Å². The number of rotatable bonds is 7. The number of benzene rings is 13. The molecule has 13 aromatic carbocycles. The highest BCUT2D eigenvalue weighted by atomic mass is 32.1. The Morgan fingerprint density at radius 3 is 1.35 bits per heavy atom. The number of hydrogen-bond donors (Lipinski definition) is 0. The monoisotopic (exact) mass is 1140 g/mol. The van der Waals surface area contributed by atoms with Gasteiger partial charge < -0.3 is 4.57 Å². The zero-order chi connectivity index (χ0) is 57.6. The van der Waals surface area contributed by atoms with Gasteiger partial charge in [0.15, 0.2) is 0 Å². The summed E-state index contributed by atoms with van der Waals surface area (Å²) in [7, 11) is 0. The second-order valence-electron chi connectivity index (χ2n) is 22.9. The van der Waals surface area contributed by atoms with E-state index >= 15 is 0 Å². The Hall–Kier alpha value is -11.6. The van der Waals surface area contributed by atoms with Crippen LogP contribution in [0.1, 0.15) is 0 Å². The van der Waals surface area contributed by atoms with E-state index in [0.717, 1.165) is 110 Å².